The van der Waals surface area contributed by atoms with Crippen LogP contribution in [-0.4, -0.2) is 37.2 Å². The highest BCUT2D eigenvalue weighted by Gasteiger charge is 2.09. The van der Waals surface area contributed by atoms with E-state index in [1.807, 2.05) is 0 Å². The van der Waals surface area contributed by atoms with E-state index in [2.05, 4.69) is 14.5 Å². The Labute approximate surface area is 52.9 Å². The number of rotatable bonds is 4. The topological polar surface area (TPSA) is 54.4 Å². The molecule has 0 aromatic rings. The standard InChI is InChI=1S/C3H10N2O4/c1-7-4(6)5(8-2)9-3/h6H,1-3H3. The summed E-state index contributed by atoms with van der Waals surface area (Å²) in [4.78, 5) is 13.1. The van der Waals surface area contributed by atoms with E-state index in [0.29, 0.717) is 10.7 Å². The normalized spacial score (nSPS) is 11.3. The zero-order chi connectivity index (χ0) is 7.28. The third kappa shape index (κ3) is 2.70. The van der Waals surface area contributed by atoms with Crippen molar-refractivity contribution in [2.24, 2.45) is 0 Å². The molecule has 0 fully saturated rings. The summed E-state index contributed by atoms with van der Waals surface area (Å²) in [6.07, 6.45) is 0. The quantitative estimate of drug-likeness (QED) is 0.532. The number of hydrogen-bond acceptors (Lipinski definition) is 6. The van der Waals surface area contributed by atoms with E-state index in [1.165, 1.54) is 21.3 Å². The molecule has 0 saturated carbocycles. The fourth-order valence-corrected chi connectivity index (χ4v) is 0.281. The fourth-order valence-electron chi connectivity index (χ4n) is 0.281. The van der Waals surface area contributed by atoms with E-state index in [0.717, 1.165) is 0 Å². The van der Waals surface area contributed by atoms with Gasteiger partial charge in [0.2, 0.25) is 0 Å². The molecule has 9 heavy (non-hydrogen) atoms. The molecule has 56 valence electrons. The molecule has 0 radical (unpaired) electrons. The first-order valence-electron chi connectivity index (χ1n) is 2.17. The lowest BCUT2D eigenvalue weighted by Crippen LogP contribution is -2.37. The number of hydrazine groups is 1. The summed E-state index contributed by atoms with van der Waals surface area (Å²) < 4.78 is 0. The Bertz CT molecular complexity index is 66.8. The summed E-state index contributed by atoms with van der Waals surface area (Å²) in [6, 6.07) is 0. The van der Waals surface area contributed by atoms with Gasteiger partial charge in [-0.3, -0.25) is 19.7 Å². The maximum Gasteiger partial charge on any atom is 0.0643 e. The second-order valence-electron chi connectivity index (χ2n) is 1.04. The van der Waals surface area contributed by atoms with Gasteiger partial charge < -0.3 is 0 Å². The van der Waals surface area contributed by atoms with Crippen molar-refractivity contribution in [1.29, 1.82) is 0 Å². The van der Waals surface area contributed by atoms with Gasteiger partial charge in [0.15, 0.2) is 0 Å². The van der Waals surface area contributed by atoms with Crippen LogP contribution in [0.3, 0.4) is 0 Å². The Hall–Kier alpha value is -0.240. The summed E-state index contributed by atoms with van der Waals surface area (Å²) in [5.74, 6) is 0. The molecule has 0 saturated heterocycles. The van der Waals surface area contributed by atoms with E-state index >= 15 is 0 Å². The fraction of sp³-hybridized carbons (Fsp3) is 1.00. The largest absolute Gasteiger partial charge is 0.272 e. The van der Waals surface area contributed by atoms with Gasteiger partial charge in [0.25, 0.3) is 0 Å². The van der Waals surface area contributed by atoms with Crippen LogP contribution in [0.4, 0.5) is 0 Å². The van der Waals surface area contributed by atoms with Crippen molar-refractivity contribution in [1.82, 2.24) is 10.7 Å². The van der Waals surface area contributed by atoms with Gasteiger partial charge in [-0.1, -0.05) is 0 Å². The van der Waals surface area contributed by atoms with Crippen LogP contribution >= 0.6 is 0 Å². The van der Waals surface area contributed by atoms with Gasteiger partial charge in [-0.05, 0) is 0 Å². The minimum atomic E-state index is 0.292. The molecule has 0 unspecified atom stereocenters. The molecule has 6 heteroatoms. The van der Waals surface area contributed by atoms with Crippen molar-refractivity contribution in [3.05, 3.63) is 0 Å². The van der Waals surface area contributed by atoms with Crippen LogP contribution in [0.25, 0.3) is 0 Å². The van der Waals surface area contributed by atoms with Crippen LogP contribution in [0, 0.1) is 0 Å². The molecular formula is C3H10N2O4. The predicted molar refractivity (Wildman–Crippen MR) is 26.5 cm³/mol. The molecule has 0 aromatic carbocycles. The van der Waals surface area contributed by atoms with E-state index in [4.69, 9.17) is 5.21 Å². The van der Waals surface area contributed by atoms with Crippen LogP contribution in [-0.2, 0) is 14.5 Å². The van der Waals surface area contributed by atoms with Gasteiger partial charge in [-0.2, -0.15) is 0 Å². The minimum Gasteiger partial charge on any atom is -0.272 e. The summed E-state index contributed by atoms with van der Waals surface area (Å²) in [7, 11) is 3.88. The minimum absolute atomic E-state index is 0.292. The van der Waals surface area contributed by atoms with Crippen molar-refractivity contribution < 1.29 is 19.7 Å². The molecule has 0 aromatic heterocycles. The maximum absolute atomic E-state index is 8.60. The molecule has 0 aliphatic carbocycles. The Balaban J connectivity index is 3.50. The van der Waals surface area contributed by atoms with Gasteiger partial charge in [0, 0.05) is 0 Å². The van der Waals surface area contributed by atoms with Crippen molar-refractivity contribution in [3.8, 4) is 0 Å². The van der Waals surface area contributed by atoms with Crippen LogP contribution in [0.2, 0.25) is 0 Å². The lowest BCUT2D eigenvalue weighted by molar-refractivity contribution is -0.596. The first-order chi connectivity index (χ1) is 4.26. The first kappa shape index (κ1) is 8.76. The molecule has 1 N–H and O–H groups in total. The number of nitrogens with zero attached hydrogens (tertiary/aromatic N) is 2. The predicted octanol–water partition coefficient (Wildman–Crippen LogP) is -0.421. The van der Waals surface area contributed by atoms with E-state index in [9.17, 15) is 0 Å². The van der Waals surface area contributed by atoms with Crippen LogP contribution in [0.1, 0.15) is 0 Å². The zero-order valence-corrected chi connectivity index (χ0v) is 5.57. The molecule has 0 spiro atoms. The van der Waals surface area contributed by atoms with Crippen molar-refractivity contribution in [2.75, 3.05) is 21.3 Å². The van der Waals surface area contributed by atoms with Crippen LogP contribution in [0.15, 0.2) is 0 Å². The first-order valence-corrected chi connectivity index (χ1v) is 2.17. The summed E-state index contributed by atoms with van der Waals surface area (Å²) in [5, 5.41) is 9.54. The highest BCUT2D eigenvalue weighted by atomic mass is 17.1. The third-order valence-electron chi connectivity index (χ3n) is 0.615. The molecule has 0 amide bonds. The third-order valence-corrected chi connectivity index (χ3v) is 0.615. The average Bonchev–Trinajstić information content (AvgIpc) is 1.90. The lowest BCUT2D eigenvalue weighted by atomic mass is 11.7. The van der Waals surface area contributed by atoms with Crippen LogP contribution in [0.5, 0.6) is 0 Å². The summed E-state index contributed by atoms with van der Waals surface area (Å²) in [5.41, 5.74) is 0. The van der Waals surface area contributed by atoms with Gasteiger partial charge in [-0.15, -0.1) is 0 Å². The molecule has 6 nitrogen and oxygen atoms in total. The second-order valence-corrected chi connectivity index (χ2v) is 1.04. The molecule has 0 aliphatic rings. The SMILES string of the molecule is CON(O)N(OC)OC. The summed E-state index contributed by atoms with van der Waals surface area (Å²) in [6.45, 7) is 0. The summed E-state index contributed by atoms with van der Waals surface area (Å²) >= 11 is 0. The monoisotopic (exact) mass is 138 g/mol. The molecule has 0 rings (SSSR count). The molecule has 0 bridgehead atoms. The zero-order valence-electron chi connectivity index (χ0n) is 5.57. The molecule has 0 aliphatic heterocycles. The molecule has 0 heterocycles. The van der Waals surface area contributed by atoms with E-state index in [1.54, 1.807) is 0 Å². The second kappa shape index (κ2) is 4.62. The Kier molecular flexibility index (Phi) is 4.50. The molecular weight excluding hydrogens is 128 g/mol. The smallest absolute Gasteiger partial charge is 0.0643 e. The van der Waals surface area contributed by atoms with Gasteiger partial charge >= 0.3 is 0 Å². The average molecular weight is 138 g/mol. The Morgan fingerprint density at radius 2 is 1.44 bits per heavy atom. The van der Waals surface area contributed by atoms with E-state index in [-0.39, 0.29) is 0 Å². The lowest BCUT2D eigenvalue weighted by Gasteiger charge is -2.20. The number of hydrogen-bond donors (Lipinski definition) is 1. The molecule has 0 atom stereocenters. The van der Waals surface area contributed by atoms with Crippen LogP contribution < -0.4 is 0 Å². The van der Waals surface area contributed by atoms with E-state index < -0.39 is 0 Å². The van der Waals surface area contributed by atoms with Crippen molar-refractivity contribution >= 4 is 0 Å². The van der Waals surface area contributed by atoms with Crippen molar-refractivity contribution in [3.63, 3.8) is 0 Å². The highest BCUT2D eigenvalue weighted by Crippen LogP contribution is 1.91. The van der Waals surface area contributed by atoms with Gasteiger partial charge in [0.05, 0.1) is 32.0 Å². The van der Waals surface area contributed by atoms with Crippen molar-refractivity contribution in [2.45, 2.75) is 0 Å². The Morgan fingerprint density at radius 3 is 1.56 bits per heavy atom. The highest BCUT2D eigenvalue weighted by molar-refractivity contribution is 3.84. The maximum atomic E-state index is 8.60. The van der Waals surface area contributed by atoms with Gasteiger partial charge in [0.1, 0.15) is 0 Å². The Morgan fingerprint density at radius 1 is 1.00 bits per heavy atom. The van der Waals surface area contributed by atoms with Gasteiger partial charge in [-0.25, -0.2) is 0 Å².